The first-order valence-electron chi connectivity index (χ1n) is 8.33. The number of ether oxygens (including phenoxy) is 1. The van der Waals surface area contributed by atoms with E-state index in [1.165, 1.54) is 0 Å². The molecule has 1 aromatic rings. The van der Waals surface area contributed by atoms with Crippen molar-refractivity contribution in [2.24, 2.45) is 5.92 Å². The molecule has 2 atom stereocenters. The number of likely N-dealkylation sites (N-methyl/N-ethyl adjacent to an activating group) is 1. The molecule has 1 aliphatic rings. The number of carbonyl (C=O) groups excluding carboxylic acids is 1. The third kappa shape index (κ3) is 4.58. The van der Waals surface area contributed by atoms with Crippen molar-refractivity contribution in [3.63, 3.8) is 0 Å². The monoisotopic (exact) mass is 317 g/mol. The van der Waals surface area contributed by atoms with Gasteiger partial charge in [-0.05, 0) is 42.5 Å². The number of rotatable bonds is 6. The summed E-state index contributed by atoms with van der Waals surface area (Å²) in [5.74, 6) is 1.02. The molecule has 1 saturated carbocycles. The number of aliphatic hydroxyl groups is 1. The number of allylic oxidation sites excluding steroid dienone is 1. The minimum atomic E-state index is -0.263. The Labute approximate surface area is 138 Å². The lowest BCUT2D eigenvalue weighted by Gasteiger charge is -2.22. The van der Waals surface area contributed by atoms with Gasteiger partial charge in [0.25, 0.3) is 0 Å². The van der Waals surface area contributed by atoms with Gasteiger partial charge in [0, 0.05) is 25.6 Å². The summed E-state index contributed by atoms with van der Waals surface area (Å²) < 4.78 is 5.17. The number of methoxy groups -OCH3 is 1. The van der Waals surface area contributed by atoms with E-state index in [0.717, 1.165) is 42.6 Å². The average molecular weight is 317 g/mol. The number of aliphatic hydroxyl groups excluding tert-OH is 1. The van der Waals surface area contributed by atoms with Gasteiger partial charge in [-0.1, -0.05) is 25.5 Å². The number of hydrogen-bond donors (Lipinski definition) is 1. The van der Waals surface area contributed by atoms with Gasteiger partial charge < -0.3 is 14.7 Å². The summed E-state index contributed by atoms with van der Waals surface area (Å²) in [5, 5.41) is 9.91. The van der Waals surface area contributed by atoms with Crippen LogP contribution in [0, 0.1) is 5.92 Å². The van der Waals surface area contributed by atoms with Crippen molar-refractivity contribution in [3.05, 3.63) is 35.9 Å². The summed E-state index contributed by atoms with van der Waals surface area (Å²) in [7, 11) is 3.45. The molecule has 0 heterocycles. The Kier molecular flexibility index (Phi) is 6.22. The van der Waals surface area contributed by atoms with Crippen molar-refractivity contribution in [1.29, 1.82) is 0 Å². The molecule has 1 fully saturated rings. The summed E-state index contributed by atoms with van der Waals surface area (Å²) in [6, 6.07) is 7.76. The van der Waals surface area contributed by atoms with Crippen LogP contribution in [0.15, 0.2) is 30.3 Å². The molecule has 0 bridgehead atoms. The highest BCUT2D eigenvalue weighted by molar-refractivity contribution is 5.95. The molecule has 0 aromatic heterocycles. The Morgan fingerprint density at radius 3 is 2.57 bits per heavy atom. The van der Waals surface area contributed by atoms with Crippen LogP contribution < -0.4 is 4.74 Å². The predicted octanol–water partition coefficient (Wildman–Crippen LogP) is 3.11. The van der Waals surface area contributed by atoms with Crippen molar-refractivity contribution < 1.29 is 14.6 Å². The minimum absolute atomic E-state index is 0.00299. The van der Waals surface area contributed by atoms with Gasteiger partial charge in [-0.3, -0.25) is 4.79 Å². The van der Waals surface area contributed by atoms with E-state index in [4.69, 9.17) is 4.74 Å². The highest BCUT2D eigenvalue weighted by Crippen LogP contribution is 2.26. The molecular formula is C19H27NO3. The van der Waals surface area contributed by atoms with Gasteiger partial charge >= 0.3 is 0 Å². The van der Waals surface area contributed by atoms with E-state index in [1.807, 2.05) is 38.2 Å². The predicted molar refractivity (Wildman–Crippen MR) is 92.2 cm³/mol. The zero-order valence-electron chi connectivity index (χ0n) is 14.3. The summed E-state index contributed by atoms with van der Waals surface area (Å²) in [6.45, 7) is 2.67. The first-order valence-corrected chi connectivity index (χ1v) is 8.33. The van der Waals surface area contributed by atoms with Gasteiger partial charge in [0.15, 0.2) is 0 Å². The lowest BCUT2D eigenvalue weighted by Crippen LogP contribution is -2.33. The molecule has 4 nitrogen and oxygen atoms in total. The molecule has 1 amide bonds. The van der Waals surface area contributed by atoms with Crippen LogP contribution in [0.3, 0.4) is 0 Å². The lowest BCUT2D eigenvalue weighted by atomic mass is 10.0. The third-order valence-corrected chi connectivity index (χ3v) is 4.64. The number of benzene rings is 1. The van der Waals surface area contributed by atoms with E-state index >= 15 is 0 Å². The van der Waals surface area contributed by atoms with Gasteiger partial charge in [0.05, 0.1) is 13.2 Å². The Morgan fingerprint density at radius 2 is 2.04 bits per heavy atom. The van der Waals surface area contributed by atoms with Gasteiger partial charge in [0.2, 0.25) is 5.91 Å². The molecule has 0 spiro atoms. The highest BCUT2D eigenvalue weighted by atomic mass is 16.5. The van der Waals surface area contributed by atoms with Crippen molar-refractivity contribution in [2.45, 2.75) is 38.7 Å². The number of nitrogens with zero attached hydrogens (tertiary/aromatic N) is 1. The van der Waals surface area contributed by atoms with Crippen molar-refractivity contribution in [2.75, 3.05) is 20.7 Å². The average Bonchev–Trinajstić information content (AvgIpc) is 2.97. The van der Waals surface area contributed by atoms with E-state index in [9.17, 15) is 9.90 Å². The number of hydrogen-bond acceptors (Lipinski definition) is 3. The summed E-state index contributed by atoms with van der Waals surface area (Å²) >= 11 is 0. The molecule has 1 aliphatic carbocycles. The van der Waals surface area contributed by atoms with Crippen LogP contribution in [0.4, 0.5) is 0 Å². The molecular weight excluding hydrogens is 290 g/mol. The first kappa shape index (κ1) is 17.5. The van der Waals surface area contributed by atoms with Gasteiger partial charge in [-0.2, -0.15) is 0 Å². The van der Waals surface area contributed by atoms with Gasteiger partial charge in [-0.25, -0.2) is 0 Å². The first-order chi connectivity index (χ1) is 11.0. The second-order valence-electron chi connectivity index (χ2n) is 6.23. The normalized spacial score (nSPS) is 21.3. The van der Waals surface area contributed by atoms with Crippen LogP contribution in [-0.4, -0.2) is 42.7 Å². The minimum Gasteiger partial charge on any atom is -0.497 e. The SMILES string of the molecule is CC/C(=C/C(=O)N(C)CC1CCCC1O)c1ccc(OC)cc1. The van der Waals surface area contributed by atoms with Gasteiger partial charge in [-0.15, -0.1) is 0 Å². The van der Waals surface area contributed by atoms with Crippen LogP contribution in [-0.2, 0) is 4.79 Å². The zero-order chi connectivity index (χ0) is 16.8. The fourth-order valence-electron chi connectivity index (χ4n) is 3.13. The van der Waals surface area contributed by atoms with Crippen LogP contribution in [0.2, 0.25) is 0 Å². The third-order valence-electron chi connectivity index (χ3n) is 4.64. The van der Waals surface area contributed by atoms with Crippen molar-refractivity contribution in [1.82, 2.24) is 4.90 Å². The molecule has 0 radical (unpaired) electrons. The molecule has 2 rings (SSSR count). The van der Waals surface area contributed by atoms with Crippen LogP contribution in [0.5, 0.6) is 5.75 Å². The Bertz CT molecular complexity index is 550. The number of amides is 1. The van der Waals surface area contributed by atoms with Crippen LogP contribution >= 0.6 is 0 Å². The van der Waals surface area contributed by atoms with Crippen LogP contribution in [0.1, 0.15) is 38.2 Å². The fourth-order valence-corrected chi connectivity index (χ4v) is 3.13. The van der Waals surface area contributed by atoms with Crippen molar-refractivity contribution in [3.8, 4) is 5.75 Å². The van der Waals surface area contributed by atoms with E-state index in [1.54, 1.807) is 18.1 Å². The zero-order valence-corrected chi connectivity index (χ0v) is 14.3. The molecule has 23 heavy (non-hydrogen) atoms. The molecule has 4 heteroatoms. The molecule has 126 valence electrons. The Morgan fingerprint density at radius 1 is 1.35 bits per heavy atom. The standard InChI is InChI=1S/C19H27NO3/c1-4-14(15-8-10-17(23-3)11-9-15)12-19(22)20(2)13-16-6-5-7-18(16)21/h8-12,16,18,21H,4-7,13H2,1-3H3/b14-12-. The second kappa shape index (κ2) is 8.16. The topological polar surface area (TPSA) is 49.8 Å². The maximum absolute atomic E-state index is 12.4. The Balaban J connectivity index is 2.04. The largest absolute Gasteiger partial charge is 0.497 e. The number of carbonyl (C=O) groups is 1. The van der Waals surface area contributed by atoms with Crippen LogP contribution in [0.25, 0.3) is 5.57 Å². The Hall–Kier alpha value is -1.81. The quantitative estimate of drug-likeness (QED) is 0.820. The maximum Gasteiger partial charge on any atom is 0.246 e. The summed E-state index contributed by atoms with van der Waals surface area (Å²) in [4.78, 5) is 14.2. The highest BCUT2D eigenvalue weighted by Gasteiger charge is 2.27. The second-order valence-corrected chi connectivity index (χ2v) is 6.23. The van der Waals surface area contributed by atoms with Gasteiger partial charge in [0.1, 0.15) is 5.75 Å². The molecule has 0 saturated heterocycles. The van der Waals surface area contributed by atoms with Crippen molar-refractivity contribution >= 4 is 11.5 Å². The van der Waals surface area contributed by atoms with E-state index in [2.05, 4.69) is 0 Å². The maximum atomic E-state index is 12.4. The van der Waals surface area contributed by atoms with E-state index < -0.39 is 0 Å². The molecule has 1 N–H and O–H groups in total. The fraction of sp³-hybridized carbons (Fsp3) is 0.526. The molecule has 0 aliphatic heterocycles. The lowest BCUT2D eigenvalue weighted by molar-refractivity contribution is -0.125. The van der Waals surface area contributed by atoms with E-state index in [-0.39, 0.29) is 17.9 Å². The molecule has 2 unspecified atom stereocenters. The summed E-state index contributed by atoms with van der Waals surface area (Å²) in [5.41, 5.74) is 2.05. The molecule has 1 aromatic carbocycles. The smallest absolute Gasteiger partial charge is 0.246 e. The van der Waals surface area contributed by atoms with E-state index in [0.29, 0.717) is 6.54 Å². The summed E-state index contributed by atoms with van der Waals surface area (Å²) in [6.07, 6.45) is 5.15.